The number of aryl methyl sites for hydroxylation is 1. The first kappa shape index (κ1) is 30.7. The van der Waals surface area contributed by atoms with Crippen LogP contribution in [0.1, 0.15) is 96.3 Å². The van der Waals surface area contributed by atoms with Crippen molar-refractivity contribution in [1.29, 1.82) is 0 Å². The number of allylic oxidation sites excluding steroid dienone is 1. The highest BCUT2D eigenvalue weighted by Crippen LogP contribution is 2.43. The summed E-state index contributed by atoms with van der Waals surface area (Å²) in [5.74, 6) is -8.00. The molecule has 43 heavy (non-hydrogen) atoms. The van der Waals surface area contributed by atoms with Crippen molar-refractivity contribution in [2.24, 2.45) is 0 Å². The molecule has 228 valence electrons. The highest BCUT2D eigenvalue weighted by molar-refractivity contribution is 5.90. The molecule has 0 bridgehead atoms. The van der Waals surface area contributed by atoms with Gasteiger partial charge in [-0.15, -0.1) is 0 Å². The highest BCUT2D eigenvalue weighted by atomic mass is 19.2. The number of ether oxygens (including phenoxy) is 2. The molecule has 0 amide bonds. The van der Waals surface area contributed by atoms with E-state index in [-0.39, 0.29) is 52.9 Å². The van der Waals surface area contributed by atoms with E-state index in [0.29, 0.717) is 44.1 Å². The van der Waals surface area contributed by atoms with Gasteiger partial charge < -0.3 is 9.47 Å². The second-order valence-corrected chi connectivity index (χ2v) is 11.2. The summed E-state index contributed by atoms with van der Waals surface area (Å²) in [5.41, 5.74) is 0.794. The zero-order valence-electron chi connectivity index (χ0n) is 23.9. The van der Waals surface area contributed by atoms with Gasteiger partial charge in [0.25, 0.3) is 0 Å². The predicted molar refractivity (Wildman–Crippen MR) is 150 cm³/mol. The lowest BCUT2D eigenvalue weighted by atomic mass is 9.75. The minimum absolute atomic E-state index is 0.128. The summed E-state index contributed by atoms with van der Waals surface area (Å²) < 4.78 is 98.2. The molecule has 0 radical (unpaired) electrons. The molecule has 1 atom stereocenters. The van der Waals surface area contributed by atoms with Gasteiger partial charge in [-0.3, -0.25) is 0 Å². The molecular weight excluding hydrogens is 570 g/mol. The van der Waals surface area contributed by atoms with Gasteiger partial charge in [-0.2, -0.15) is 4.39 Å². The summed E-state index contributed by atoms with van der Waals surface area (Å²) in [6, 6.07) is 8.51. The van der Waals surface area contributed by atoms with E-state index in [1.165, 1.54) is 43.3 Å². The molecule has 3 aromatic carbocycles. The van der Waals surface area contributed by atoms with E-state index < -0.39 is 52.5 Å². The van der Waals surface area contributed by atoms with Crippen molar-refractivity contribution in [2.45, 2.75) is 76.7 Å². The van der Waals surface area contributed by atoms with E-state index in [1.807, 2.05) is 0 Å². The third-order valence-corrected chi connectivity index (χ3v) is 8.57. The van der Waals surface area contributed by atoms with E-state index >= 15 is 8.78 Å². The van der Waals surface area contributed by atoms with E-state index in [4.69, 9.17) is 9.47 Å². The summed E-state index contributed by atoms with van der Waals surface area (Å²) in [6.45, 7) is 3.36. The van der Waals surface area contributed by atoms with Gasteiger partial charge >= 0.3 is 5.97 Å². The fourth-order valence-corrected chi connectivity index (χ4v) is 6.15. The Morgan fingerprint density at radius 1 is 0.744 bits per heavy atom. The fraction of sp³-hybridized carbons (Fsp3) is 0.382. The minimum Gasteiger partial charge on any atom is -0.491 e. The van der Waals surface area contributed by atoms with E-state index in [1.54, 1.807) is 13.0 Å². The first-order chi connectivity index (χ1) is 20.6. The third kappa shape index (κ3) is 6.17. The maximum Gasteiger partial charge on any atom is 0.341 e. The van der Waals surface area contributed by atoms with Crippen molar-refractivity contribution in [3.05, 3.63) is 105 Å². The topological polar surface area (TPSA) is 35.5 Å². The molecule has 5 rings (SSSR count). The van der Waals surface area contributed by atoms with Gasteiger partial charge in [-0.1, -0.05) is 30.3 Å². The van der Waals surface area contributed by atoms with Crippen LogP contribution in [0.3, 0.4) is 0 Å². The largest absolute Gasteiger partial charge is 0.491 e. The van der Waals surface area contributed by atoms with E-state index in [0.717, 1.165) is 0 Å². The number of halogens is 6. The first-order valence-corrected chi connectivity index (χ1v) is 14.5. The molecule has 0 aromatic heterocycles. The lowest BCUT2D eigenvalue weighted by molar-refractivity contribution is 0.0278. The zero-order valence-corrected chi connectivity index (χ0v) is 23.9. The zero-order chi connectivity index (χ0) is 30.8. The second-order valence-electron chi connectivity index (χ2n) is 11.2. The second kappa shape index (κ2) is 12.9. The number of carbonyl (C=O) groups excluding carboxylic acids is 1. The smallest absolute Gasteiger partial charge is 0.341 e. The maximum absolute atomic E-state index is 15.2. The molecule has 3 nitrogen and oxygen atoms in total. The predicted octanol–water partition coefficient (Wildman–Crippen LogP) is 9.46. The van der Waals surface area contributed by atoms with Crippen LogP contribution in [0.25, 0.3) is 5.57 Å². The first-order valence-electron chi connectivity index (χ1n) is 14.5. The average molecular weight is 603 g/mol. The maximum atomic E-state index is 15.2. The molecule has 3 aromatic rings. The lowest BCUT2D eigenvalue weighted by Crippen LogP contribution is -2.22. The minimum atomic E-state index is -1.30. The van der Waals surface area contributed by atoms with Crippen molar-refractivity contribution >= 4 is 11.5 Å². The molecule has 0 heterocycles. The highest BCUT2D eigenvalue weighted by Gasteiger charge is 2.31. The molecule has 0 saturated heterocycles. The Hall–Kier alpha value is -3.75. The molecule has 1 saturated carbocycles. The van der Waals surface area contributed by atoms with Gasteiger partial charge in [-0.05, 0) is 98.6 Å². The van der Waals surface area contributed by atoms with E-state index in [9.17, 15) is 22.4 Å². The Bertz CT molecular complexity index is 1560. The quantitative estimate of drug-likeness (QED) is 0.200. The molecular formula is C34H32F6O3. The van der Waals surface area contributed by atoms with Crippen LogP contribution in [0.4, 0.5) is 26.3 Å². The third-order valence-electron chi connectivity index (χ3n) is 8.57. The Labute approximate surface area is 246 Å². The van der Waals surface area contributed by atoms with Crippen LogP contribution in [0.5, 0.6) is 5.75 Å². The van der Waals surface area contributed by atoms with Gasteiger partial charge in [-0.25, -0.2) is 26.7 Å². The van der Waals surface area contributed by atoms with Crippen molar-refractivity contribution in [3.63, 3.8) is 0 Å². The van der Waals surface area contributed by atoms with Gasteiger partial charge in [0.1, 0.15) is 6.10 Å². The van der Waals surface area contributed by atoms with Crippen LogP contribution in [0.2, 0.25) is 0 Å². The molecule has 0 aliphatic heterocycles. The van der Waals surface area contributed by atoms with Crippen LogP contribution in [-0.4, -0.2) is 18.7 Å². The summed E-state index contributed by atoms with van der Waals surface area (Å²) >= 11 is 0. The number of rotatable bonds is 7. The van der Waals surface area contributed by atoms with Crippen LogP contribution in [0.15, 0.2) is 42.5 Å². The van der Waals surface area contributed by atoms with Crippen LogP contribution in [0, 0.1) is 41.8 Å². The van der Waals surface area contributed by atoms with Gasteiger partial charge in [0.2, 0.25) is 5.82 Å². The number of carbonyl (C=O) groups is 1. The standard InChI is InChI=1S/C34H32F6O3/c1-3-42-27-17-16-25(31(38)33(27)40)20-7-5-19(6-8-20)24-14-15-26(32(39)30(24)37)34(41)43-22-11-9-21(10-12-22)23-13-4-18(2)28(35)29(23)36/h4,9,13-17,19-20,22H,3,5-8,10-12H2,1-2H3. The summed E-state index contributed by atoms with van der Waals surface area (Å²) in [6.07, 6.45) is 3.67. The summed E-state index contributed by atoms with van der Waals surface area (Å²) in [5, 5.41) is 0. The monoisotopic (exact) mass is 602 g/mol. The number of hydrogen-bond donors (Lipinski definition) is 0. The Balaban J connectivity index is 1.21. The van der Waals surface area contributed by atoms with Crippen molar-refractivity contribution in [1.82, 2.24) is 0 Å². The molecule has 1 fully saturated rings. The van der Waals surface area contributed by atoms with Crippen LogP contribution >= 0.6 is 0 Å². The van der Waals surface area contributed by atoms with Crippen molar-refractivity contribution < 1.29 is 40.6 Å². The molecule has 0 spiro atoms. The number of esters is 1. The van der Waals surface area contributed by atoms with Gasteiger partial charge in [0, 0.05) is 12.0 Å². The van der Waals surface area contributed by atoms with Crippen molar-refractivity contribution in [2.75, 3.05) is 6.61 Å². The molecule has 2 aliphatic carbocycles. The van der Waals surface area contributed by atoms with Crippen LogP contribution < -0.4 is 4.74 Å². The van der Waals surface area contributed by atoms with Crippen molar-refractivity contribution in [3.8, 4) is 5.75 Å². The molecule has 2 aliphatic rings. The van der Waals surface area contributed by atoms with E-state index in [2.05, 4.69) is 0 Å². The van der Waals surface area contributed by atoms with Gasteiger partial charge in [0.05, 0.1) is 12.2 Å². The normalized spacial score (nSPS) is 20.5. The summed E-state index contributed by atoms with van der Waals surface area (Å²) in [4.78, 5) is 12.8. The molecule has 9 heteroatoms. The van der Waals surface area contributed by atoms with Crippen LogP contribution in [-0.2, 0) is 4.74 Å². The fourth-order valence-electron chi connectivity index (χ4n) is 6.15. The lowest BCUT2D eigenvalue weighted by Gasteiger charge is -2.30. The average Bonchev–Trinajstić information content (AvgIpc) is 3.00. The summed E-state index contributed by atoms with van der Waals surface area (Å²) in [7, 11) is 0. The Morgan fingerprint density at radius 3 is 1.98 bits per heavy atom. The SMILES string of the molecule is CCOc1ccc(C2CCC(c3ccc(C(=O)OC4CC=C(c5ccc(C)c(F)c5F)CC4)c(F)c3F)CC2)c(F)c1F. The Kier molecular flexibility index (Phi) is 9.18. The number of hydrogen-bond acceptors (Lipinski definition) is 3. The Morgan fingerprint density at radius 2 is 1.37 bits per heavy atom. The molecule has 1 unspecified atom stereocenters. The molecule has 0 N–H and O–H groups in total. The number of benzene rings is 3. The van der Waals surface area contributed by atoms with Gasteiger partial charge in [0.15, 0.2) is 34.8 Å².